The third-order valence-corrected chi connectivity index (χ3v) is 17.2. The second-order valence-corrected chi connectivity index (χ2v) is 26.9. The summed E-state index contributed by atoms with van der Waals surface area (Å²) in [5.74, 6) is -11.2. The number of rotatable bonds is 48. The number of amides is 7. The number of esters is 9. The maximum absolute atomic E-state index is 14.0. The summed E-state index contributed by atoms with van der Waals surface area (Å²) < 4.78 is 101. The maximum Gasteiger partial charge on any atom is 0.303 e. The van der Waals surface area contributed by atoms with Gasteiger partial charge in [0.05, 0.1) is 71.6 Å². The van der Waals surface area contributed by atoms with Crippen LogP contribution in [-0.4, -0.2) is 316 Å². The van der Waals surface area contributed by atoms with E-state index in [-0.39, 0.29) is 111 Å². The summed E-state index contributed by atoms with van der Waals surface area (Å²) in [4.78, 5) is 201. The van der Waals surface area contributed by atoms with E-state index in [2.05, 4.69) is 42.5 Å². The molecule has 9 N–H and O–H groups in total. The van der Waals surface area contributed by atoms with Crippen molar-refractivity contribution in [2.75, 3.05) is 105 Å². The Labute approximate surface area is 658 Å². The summed E-state index contributed by atoms with van der Waals surface area (Å²) in [7, 11) is 0. The minimum Gasteiger partial charge on any atom is -0.463 e. The number of aliphatic hydroxyl groups excluding tert-OH is 1. The number of nitrogens with one attached hydrogen (secondary N) is 8. The zero-order valence-corrected chi connectivity index (χ0v) is 66.3. The van der Waals surface area contributed by atoms with Crippen LogP contribution in [0.25, 0.3) is 0 Å². The van der Waals surface area contributed by atoms with Gasteiger partial charge in [0.1, 0.15) is 62.3 Å². The fourth-order valence-corrected chi connectivity index (χ4v) is 12.4. The summed E-state index contributed by atoms with van der Waals surface area (Å²) in [5, 5.41) is 32.0. The first-order valence-electron chi connectivity index (χ1n) is 37.3. The van der Waals surface area contributed by atoms with Crippen molar-refractivity contribution in [1.82, 2.24) is 42.5 Å². The normalized spacial score (nSPS) is 25.6. The molecule has 1 saturated carbocycles. The van der Waals surface area contributed by atoms with Crippen LogP contribution in [0.15, 0.2) is 0 Å². The quantitative estimate of drug-likeness (QED) is 0.0159. The fourth-order valence-electron chi connectivity index (χ4n) is 12.4. The molecule has 0 spiro atoms. The molecule has 114 heavy (non-hydrogen) atoms. The van der Waals surface area contributed by atoms with E-state index >= 15 is 0 Å². The summed E-state index contributed by atoms with van der Waals surface area (Å²) in [6, 6.07) is -6.08. The van der Waals surface area contributed by atoms with E-state index in [1.807, 2.05) is 0 Å². The Hall–Kier alpha value is -8.92. The van der Waals surface area contributed by atoms with Crippen molar-refractivity contribution in [3.8, 4) is 0 Å². The van der Waals surface area contributed by atoms with E-state index in [0.717, 1.165) is 62.3 Å². The molecule has 7 amide bonds. The first kappa shape index (κ1) is 97.4. The van der Waals surface area contributed by atoms with Crippen molar-refractivity contribution in [2.24, 2.45) is 5.92 Å². The Morgan fingerprint density at radius 2 is 0.667 bits per heavy atom. The second kappa shape index (κ2) is 51.8. The number of ether oxygens (including phenoxy) is 18. The zero-order valence-electron chi connectivity index (χ0n) is 66.3. The monoisotopic (exact) mass is 1640 g/mol. The van der Waals surface area contributed by atoms with Crippen molar-refractivity contribution in [2.45, 2.75) is 245 Å². The third-order valence-electron chi connectivity index (χ3n) is 17.2. The van der Waals surface area contributed by atoms with E-state index in [4.69, 9.17) is 85.3 Å². The molecule has 3 saturated heterocycles. The van der Waals surface area contributed by atoms with Crippen molar-refractivity contribution in [3.05, 3.63) is 0 Å². The van der Waals surface area contributed by atoms with Gasteiger partial charge in [-0.25, -0.2) is 0 Å². The van der Waals surface area contributed by atoms with Gasteiger partial charge in [-0.3, -0.25) is 76.7 Å². The van der Waals surface area contributed by atoms with E-state index in [1.165, 1.54) is 20.8 Å². The number of carbonyl (C=O) groups excluding carboxylic acids is 16. The van der Waals surface area contributed by atoms with Gasteiger partial charge in [0, 0.05) is 116 Å². The Morgan fingerprint density at radius 1 is 0.360 bits per heavy atom. The number of aliphatic hydroxyl groups is 1. The average Bonchev–Trinajstić information content (AvgIpc) is 0.798. The molecule has 43 nitrogen and oxygen atoms in total. The standard InChI is InChI=1S/C71H112N8O35/c1-37(80)76-58-64(109-46(10)89)61(106-43(7)86)53(34-103-40(4)83)112-69(58)100-30-27-97-24-21-72-56(93)19-18-52(68(96)74-23-26-99-29-32-102-71-60(78-39(3)82)66(111-48(12)91)63(108-45(9)88)55(114-71)36-105-42(6)85)79-57(94)20-17-51(75-33-49-13-15-50(92)16-14-49)67(95)73-22-25-98-28-31-101-70-59(77-38(2)81)65(110-47(11)90)62(107-44(8)87)54(113-70)35-104-41(5)84/h49-55,58-66,69-71,75,92H,13-36H2,1-12H3,(H,72,93)(H,73,95)(H,74,96)(H,76,80)(H,77,81)(H,78,82)(H,79,94). The van der Waals surface area contributed by atoms with Crippen LogP contribution >= 0.6 is 0 Å². The highest BCUT2D eigenvalue weighted by atomic mass is 16.7. The van der Waals surface area contributed by atoms with Gasteiger partial charge < -0.3 is 133 Å². The van der Waals surface area contributed by atoms with Crippen LogP contribution in [0.4, 0.5) is 0 Å². The molecular formula is C71H112N8O35. The molecule has 4 fully saturated rings. The Balaban J connectivity index is 1.44. The van der Waals surface area contributed by atoms with Crippen molar-refractivity contribution in [1.29, 1.82) is 0 Å². The largest absolute Gasteiger partial charge is 0.463 e. The third kappa shape index (κ3) is 37.6. The Morgan fingerprint density at radius 3 is 0.991 bits per heavy atom. The lowest BCUT2D eigenvalue weighted by molar-refractivity contribution is -0.279. The van der Waals surface area contributed by atoms with Gasteiger partial charge >= 0.3 is 53.7 Å². The molecule has 3 aliphatic heterocycles. The van der Waals surface area contributed by atoms with Gasteiger partial charge in [-0.15, -0.1) is 0 Å². The van der Waals surface area contributed by atoms with E-state index in [1.54, 1.807) is 0 Å². The lowest BCUT2D eigenvalue weighted by Crippen LogP contribution is -2.66. The highest BCUT2D eigenvalue weighted by Crippen LogP contribution is 2.32. The van der Waals surface area contributed by atoms with Crippen LogP contribution in [0.3, 0.4) is 0 Å². The van der Waals surface area contributed by atoms with E-state index in [9.17, 15) is 81.8 Å². The molecule has 0 bridgehead atoms. The van der Waals surface area contributed by atoms with Gasteiger partial charge in [-0.1, -0.05) is 0 Å². The number of hydrogen-bond acceptors (Lipinski definition) is 36. The molecule has 0 radical (unpaired) electrons. The van der Waals surface area contributed by atoms with E-state index < -0.39 is 225 Å². The molecule has 0 aromatic heterocycles. The van der Waals surface area contributed by atoms with Crippen molar-refractivity contribution < 1.29 is 167 Å². The molecule has 1 aliphatic carbocycles. The molecule has 0 aromatic carbocycles. The molecule has 646 valence electrons. The molecule has 0 aromatic rings. The lowest BCUT2D eigenvalue weighted by Gasteiger charge is -2.44. The molecule has 3 heterocycles. The molecule has 17 unspecified atom stereocenters. The SMILES string of the molecule is CC(=O)NC1C(OCCOCCNC(=O)CCC(NC(=O)CCC(NCC2CCC(O)CC2)C(=O)NCCOCCOC2OC(COC(C)=O)C(OC(C)=O)C(OC(C)=O)C2NC(C)=O)C(=O)NCCOCCOC2OC(COC(C)=O)C(OC(C)=O)C(OC(C)=O)C2NC(C)=O)OC(COC(C)=O)C(OC(C)=O)C1OC(C)=O. The Bertz CT molecular complexity index is 3180. The summed E-state index contributed by atoms with van der Waals surface area (Å²) in [5.41, 5.74) is 0. The van der Waals surface area contributed by atoms with Crippen LogP contribution < -0.4 is 42.5 Å². The fraction of sp³-hybridized carbons (Fsp3) is 0.775. The van der Waals surface area contributed by atoms with Gasteiger partial charge in [0.15, 0.2) is 55.5 Å². The Kier molecular flexibility index (Phi) is 44.3. The lowest BCUT2D eigenvalue weighted by atomic mass is 9.87. The molecule has 43 heteroatoms. The highest BCUT2D eigenvalue weighted by Gasteiger charge is 2.54. The molecule has 4 rings (SSSR count). The molecular weight excluding hydrogens is 1520 g/mol. The highest BCUT2D eigenvalue weighted by molar-refractivity contribution is 5.89. The predicted molar refractivity (Wildman–Crippen MR) is 382 cm³/mol. The van der Waals surface area contributed by atoms with Gasteiger partial charge in [-0.2, -0.15) is 0 Å². The van der Waals surface area contributed by atoms with Crippen LogP contribution in [0.5, 0.6) is 0 Å². The van der Waals surface area contributed by atoms with Crippen LogP contribution in [0, 0.1) is 5.92 Å². The maximum atomic E-state index is 14.0. The summed E-state index contributed by atoms with van der Waals surface area (Å²) in [6.45, 7) is 10.7. The topological polar surface area (TPSA) is 556 Å². The van der Waals surface area contributed by atoms with Crippen LogP contribution in [0.2, 0.25) is 0 Å². The average molecular weight is 1640 g/mol. The van der Waals surface area contributed by atoms with Gasteiger partial charge in [0.2, 0.25) is 41.4 Å². The van der Waals surface area contributed by atoms with Crippen LogP contribution in [-0.2, 0) is 162 Å². The summed E-state index contributed by atoms with van der Waals surface area (Å²) >= 11 is 0. The van der Waals surface area contributed by atoms with Gasteiger partial charge in [-0.05, 0) is 51.0 Å². The summed E-state index contributed by atoms with van der Waals surface area (Å²) in [6.07, 6.45) is -15.1. The molecule has 17 atom stereocenters. The number of hydrogen-bond donors (Lipinski definition) is 9. The van der Waals surface area contributed by atoms with Crippen molar-refractivity contribution >= 4 is 95.1 Å². The smallest absolute Gasteiger partial charge is 0.303 e. The minimum absolute atomic E-state index is 0.0516. The first-order valence-corrected chi connectivity index (χ1v) is 37.3. The molecule has 4 aliphatic rings. The number of carbonyl (C=O) groups is 16. The van der Waals surface area contributed by atoms with E-state index in [0.29, 0.717) is 32.2 Å². The zero-order chi connectivity index (χ0) is 84.6. The predicted octanol–water partition coefficient (Wildman–Crippen LogP) is -4.04. The second-order valence-electron chi connectivity index (χ2n) is 26.9. The minimum atomic E-state index is -1.40. The first-order chi connectivity index (χ1) is 54.0. The van der Waals surface area contributed by atoms with Crippen LogP contribution in [0.1, 0.15) is 134 Å². The van der Waals surface area contributed by atoms with Crippen molar-refractivity contribution in [3.63, 3.8) is 0 Å². The van der Waals surface area contributed by atoms with Gasteiger partial charge in [0.25, 0.3) is 0 Å².